The largest absolute Gasteiger partial charge is 0.329 e. The first kappa shape index (κ1) is 15.7. The van der Waals surface area contributed by atoms with Crippen LogP contribution in [0.25, 0.3) is 11.3 Å². The molecule has 0 saturated heterocycles. The number of halogens is 2. The van der Waals surface area contributed by atoms with Gasteiger partial charge in [-0.05, 0) is 48.0 Å². The molecule has 2 aromatic carbocycles. The van der Waals surface area contributed by atoms with Crippen molar-refractivity contribution in [1.29, 1.82) is 0 Å². The number of aromatic nitrogens is 2. The van der Waals surface area contributed by atoms with Gasteiger partial charge in [0, 0.05) is 35.8 Å². The second-order valence-electron chi connectivity index (χ2n) is 5.42. The Labute approximate surface area is 139 Å². The molecule has 0 saturated carbocycles. The van der Waals surface area contributed by atoms with Crippen LogP contribution in [-0.4, -0.2) is 16.3 Å². The van der Waals surface area contributed by atoms with Crippen molar-refractivity contribution in [3.63, 3.8) is 0 Å². The number of nitrogens with zero attached hydrogens (tertiary/aromatic N) is 2. The smallest absolute Gasteiger partial charge is 0.123 e. The van der Waals surface area contributed by atoms with Crippen LogP contribution in [0.1, 0.15) is 17.2 Å². The maximum Gasteiger partial charge on any atom is 0.123 e. The molecule has 3 rings (SSSR count). The van der Waals surface area contributed by atoms with E-state index < -0.39 is 0 Å². The normalized spacial score (nSPS) is 12.3. The van der Waals surface area contributed by atoms with Gasteiger partial charge in [-0.2, -0.15) is 5.10 Å². The van der Waals surface area contributed by atoms with Crippen LogP contribution in [0.5, 0.6) is 0 Å². The van der Waals surface area contributed by atoms with E-state index in [9.17, 15) is 4.39 Å². The molecule has 0 spiro atoms. The minimum atomic E-state index is -0.258. The molecule has 0 radical (unpaired) electrons. The number of aryl methyl sites for hydroxylation is 1. The van der Waals surface area contributed by atoms with E-state index >= 15 is 0 Å². The molecule has 1 aromatic heterocycles. The van der Waals surface area contributed by atoms with Gasteiger partial charge in [0.1, 0.15) is 5.82 Å². The molecule has 118 valence electrons. The third kappa shape index (κ3) is 3.28. The van der Waals surface area contributed by atoms with E-state index in [-0.39, 0.29) is 11.7 Å². The van der Waals surface area contributed by atoms with Crippen molar-refractivity contribution in [3.05, 3.63) is 76.7 Å². The fourth-order valence-corrected chi connectivity index (χ4v) is 2.82. The second kappa shape index (κ2) is 6.52. The Balaban J connectivity index is 1.98. The predicted molar refractivity (Wildman–Crippen MR) is 91.0 cm³/mol. The molecule has 1 unspecified atom stereocenters. The summed E-state index contributed by atoms with van der Waals surface area (Å²) in [6.07, 6.45) is 0. The number of benzene rings is 2. The van der Waals surface area contributed by atoms with Crippen LogP contribution < -0.4 is 5.73 Å². The molecule has 0 amide bonds. The summed E-state index contributed by atoms with van der Waals surface area (Å²) in [6.45, 7) is 0.462. The molecule has 1 heterocycles. The van der Waals surface area contributed by atoms with E-state index in [1.54, 1.807) is 12.1 Å². The highest BCUT2D eigenvalue weighted by atomic mass is 35.5. The van der Waals surface area contributed by atoms with Crippen molar-refractivity contribution in [1.82, 2.24) is 9.78 Å². The summed E-state index contributed by atoms with van der Waals surface area (Å²) in [6, 6.07) is 16.0. The van der Waals surface area contributed by atoms with Crippen LogP contribution in [0, 0.1) is 5.82 Å². The Kier molecular flexibility index (Phi) is 4.46. The Morgan fingerprint density at radius 2 is 1.78 bits per heavy atom. The molecule has 2 N–H and O–H groups in total. The molecule has 5 heteroatoms. The molecule has 3 aromatic rings. The summed E-state index contributed by atoms with van der Waals surface area (Å²) in [5, 5.41) is 5.23. The highest BCUT2D eigenvalue weighted by Gasteiger charge is 2.18. The molecule has 3 nitrogen and oxygen atoms in total. The molecule has 0 aliphatic rings. The fraction of sp³-hybridized carbons (Fsp3) is 0.167. The first-order valence-electron chi connectivity index (χ1n) is 7.34. The minimum absolute atomic E-state index is 0.0268. The molecular formula is C18H17ClFN3. The Morgan fingerprint density at radius 1 is 1.13 bits per heavy atom. The van der Waals surface area contributed by atoms with Crippen molar-refractivity contribution in [3.8, 4) is 11.3 Å². The van der Waals surface area contributed by atoms with Crippen molar-refractivity contribution in [2.75, 3.05) is 6.54 Å². The zero-order chi connectivity index (χ0) is 16.4. The van der Waals surface area contributed by atoms with Crippen LogP contribution in [0.2, 0.25) is 5.02 Å². The molecule has 0 aliphatic carbocycles. The van der Waals surface area contributed by atoms with Gasteiger partial charge in [0.15, 0.2) is 0 Å². The number of rotatable bonds is 4. The van der Waals surface area contributed by atoms with Gasteiger partial charge in [0.25, 0.3) is 0 Å². The fourth-order valence-electron chi connectivity index (χ4n) is 2.69. The van der Waals surface area contributed by atoms with Gasteiger partial charge in [-0.25, -0.2) is 4.39 Å². The first-order valence-corrected chi connectivity index (χ1v) is 7.71. The van der Waals surface area contributed by atoms with Gasteiger partial charge >= 0.3 is 0 Å². The summed E-state index contributed by atoms with van der Waals surface area (Å²) < 4.78 is 14.9. The average molecular weight is 330 g/mol. The Bertz CT molecular complexity index is 794. The number of hydrogen-bond acceptors (Lipinski definition) is 2. The quantitative estimate of drug-likeness (QED) is 0.787. The van der Waals surface area contributed by atoms with Crippen molar-refractivity contribution in [2.45, 2.75) is 5.92 Å². The summed E-state index contributed by atoms with van der Waals surface area (Å²) in [5.41, 5.74) is 9.76. The van der Waals surface area contributed by atoms with Gasteiger partial charge in [0.05, 0.1) is 5.69 Å². The summed E-state index contributed by atoms with van der Waals surface area (Å²) in [4.78, 5) is 0. The maximum atomic E-state index is 13.1. The molecule has 0 bridgehead atoms. The molecular weight excluding hydrogens is 313 g/mol. The maximum absolute atomic E-state index is 13.1. The van der Waals surface area contributed by atoms with E-state index in [0.717, 1.165) is 22.5 Å². The van der Waals surface area contributed by atoms with Crippen LogP contribution in [0.4, 0.5) is 4.39 Å². The Hall–Kier alpha value is -2.17. The van der Waals surface area contributed by atoms with E-state index in [2.05, 4.69) is 5.10 Å². The second-order valence-corrected chi connectivity index (χ2v) is 5.86. The lowest BCUT2D eigenvalue weighted by Crippen LogP contribution is -2.16. The van der Waals surface area contributed by atoms with Crippen molar-refractivity contribution >= 4 is 11.6 Å². The topological polar surface area (TPSA) is 43.8 Å². The van der Waals surface area contributed by atoms with E-state index in [0.29, 0.717) is 11.6 Å². The van der Waals surface area contributed by atoms with Crippen LogP contribution in [0.3, 0.4) is 0 Å². The summed E-state index contributed by atoms with van der Waals surface area (Å²) in [5.74, 6) is -0.232. The standard InChI is InChI=1S/C18H17ClFN3/c1-23-18(16(11-21)12-2-6-14(19)7-3-12)10-17(22-23)13-4-8-15(20)9-5-13/h2-10,16H,11,21H2,1H3. The number of hydrogen-bond donors (Lipinski definition) is 1. The van der Waals surface area contributed by atoms with Crippen LogP contribution in [0.15, 0.2) is 54.6 Å². The lowest BCUT2D eigenvalue weighted by molar-refractivity contribution is 0.628. The van der Waals surface area contributed by atoms with Crippen molar-refractivity contribution < 1.29 is 4.39 Å². The van der Waals surface area contributed by atoms with Crippen LogP contribution >= 0.6 is 11.6 Å². The molecule has 23 heavy (non-hydrogen) atoms. The van der Waals surface area contributed by atoms with Gasteiger partial charge in [-0.1, -0.05) is 23.7 Å². The van der Waals surface area contributed by atoms with E-state index in [1.165, 1.54) is 12.1 Å². The zero-order valence-corrected chi connectivity index (χ0v) is 13.5. The predicted octanol–water partition coefficient (Wildman–Crippen LogP) is 3.97. The SMILES string of the molecule is Cn1nc(-c2ccc(F)cc2)cc1C(CN)c1ccc(Cl)cc1. The van der Waals surface area contributed by atoms with E-state index in [4.69, 9.17) is 17.3 Å². The summed E-state index contributed by atoms with van der Waals surface area (Å²) in [7, 11) is 1.89. The lowest BCUT2D eigenvalue weighted by Gasteiger charge is -2.15. The van der Waals surface area contributed by atoms with E-state index in [1.807, 2.05) is 42.1 Å². The van der Waals surface area contributed by atoms with Gasteiger partial charge in [0.2, 0.25) is 0 Å². The number of nitrogens with two attached hydrogens (primary N) is 1. The molecule has 0 fully saturated rings. The lowest BCUT2D eigenvalue weighted by atomic mass is 9.95. The van der Waals surface area contributed by atoms with Crippen LogP contribution in [-0.2, 0) is 7.05 Å². The monoisotopic (exact) mass is 329 g/mol. The third-order valence-electron chi connectivity index (χ3n) is 3.92. The molecule has 0 aliphatic heterocycles. The van der Waals surface area contributed by atoms with Gasteiger partial charge in [-0.3, -0.25) is 4.68 Å². The van der Waals surface area contributed by atoms with Gasteiger partial charge < -0.3 is 5.73 Å². The van der Waals surface area contributed by atoms with Gasteiger partial charge in [-0.15, -0.1) is 0 Å². The zero-order valence-electron chi connectivity index (χ0n) is 12.7. The molecule has 1 atom stereocenters. The van der Waals surface area contributed by atoms with Crippen molar-refractivity contribution in [2.24, 2.45) is 12.8 Å². The third-order valence-corrected chi connectivity index (χ3v) is 4.17. The first-order chi connectivity index (χ1) is 11.1. The summed E-state index contributed by atoms with van der Waals surface area (Å²) >= 11 is 5.95. The average Bonchev–Trinajstić information content (AvgIpc) is 2.92. The highest BCUT2D eigenvalue weighted by Crippen LogP contribution is 2.28. The Morgan fingerprint density at radius 3 is 2.39 bits per heavy atom. The highest BCUT2D eigenvalue weighted by molar-refractivity contribution is 6.30. The minimum Gasteiger partial charge on any atom is -0.329 e.